The molecule has 0 aromatic heterocycles. The highest BCUT2D eigenvalue weighted by atomic mass is 35.5. The molecule has 0 aliphatic heterocycles. The third-order valence-corrected chi connectivity index (χ3v) is 2.83. The molecule has 0 fully saturated rings. The normalized spacial score (nSPS) is 9.96. The highest BCUT2D eigenvalue weighted by Crippen LogP contribution is 2.30. The number of ether oxygens (including phenoxy) is 2. The van der Waals surface area contributed by atoms with E-state index in [1.807, 2.05) is 48.5 Å². The van der Waals surface area contributed by atoms with E-state index in [9.17, 15) is 0 Å². The quantitative estimate of drug-likeness (QED) is 0.481. The first-order valence-corrected chi connectivity index (χ1v) is 6.66. The molecule has 2 aromatic rings. The molecule has 0 saturated heterocycles. The summed E-state index contributed by atoms with van der Waals surface area (Å²) in [7, 11) is 1.58. The van der Waals surface area contributed by atoms with Gasteiger partial charge in [-0.15, -0.1) is 17.5 Å². The van der Waals surface area contributed by atoms with Crippen molar-refractivity contribution in [2.24, 2.45) is 21.7 Å². The molecule has 2 aromatic carbocycles. The van der Waals surface area contributed by atoms with Crippen LogP contribution >= 0.6 is 12.4 Å². The van der Waals surface area contributed by atoms with Gasteiger partial charge in [0.25, 0.3) is 0 Å². The fourth-order valence-electron chi connectivity index (χ4n) is 1.84. The molecule has 0 aliphatic rings. The van der Waals surface area contributed by atoms with Crippen LogP contribution in [0.5, 0.6) is 11.5 Å². The van der Waals surface area contributed by atoms with Crippen LogP contribution in [0.2, 0.25) is 0 Å². The zero-order valence-electron chi connectivity index (χ0n) is 12.7. The Labute approximate surface area is 141 Å². The van der Waals surface area contributed by atoms with Crippen molar-refractivity contribution in [3.63, 3.8) is 0 Å². The van der Waals surface area contributed by atoms with Crippen LogP contribution < -0.4 is 20.9 Å². The molecule has 0 saturated carbocycles. The lowest BCUT2D eigenvalue weighted by atomic mass is 10.2. The third-order valence-electron chi connectivity index (χ3n) is 2.83. The number of rotatable bonds is 6. The van der Waals surface area contributed by atoms with Gasteiger partial charge >= 0.3 is 0 Å². The van der Waals surface area contributed by atoms with Crippen LogP contribution in [0.4, 0.5) is 0 Å². The fourth-order valence-corrected chi connectivity index (χ4v) is 1.84. The second-order valence-corrected chi connectivity index (χ2v) is 4.42. The summed E-state index contributed by atoms with van der Waals surface area (Å²) in [5.41, 5.74) is 12.3. The van der Waals surface area contributed by atoms with Crippen LogP contribution in [0.25, 0.3) is 0 Å². The summed E-state index contributed by atoms with van der Waals surface area (Å²) >= 11 is 0. The number of para-hydroxylation sites is 1. The minimum absolute atomic E-state index is 0. The van der Waals surface area contributed by atoms with Crippen molar-refractivity contribution >= 4 is 24.6 Å². The van der Waals surface area contributed by atoms with E-state index in [4.69, 9.17) is 20.9 Å². The van der Waals surface area contributed by atoms with Gasteiger partial charge in [-0.1, -0.05) is 36.4 Å². The highest BCUT2D eigenvalue weighted by Gasteiger charge is 2.09. The average molecular weight is 335 g/mol. The number of halogens is 1. The Balaban J connectivity index is 0.00000264. The topological polar surface area (TPSA) is 95.2 Å². The number of hydrogen-bond acceptors (Lipinski definition) is 4. The SMILES string of the molecule is COc1cccc(/C=N/N=C(N)N)c1OCc1ccccc1.Cl. The summed E-state index contributed by atoms with van der Waals surface area (Å²) in [5.74, 6) is 1.10. The Morgan fingerprint density at radius 3 is 2.48 bits per heavy atom. The molecule has 6 nitrogen and oxygen atoms in total. The van der Waals surface area contributed by atoms with Crippen molar-refractivity contribution in [1.29, 1.82) is 0 Å². The summed E-state index contributed by atoms with van der Waals surface area (Å²) in [6.45, 7) is 0.421. The molecule has 0 spiro atoms. The summed E-state index contributed by atoms with van der Waals surface area (Å²) < 4.78 is 11.2. The molecule has 0 aliphatic carbocycles. The minimum atomic E-state index is -0.106. The summed E-state index contributed by atoms with van der Waals surface area (Å²) in [5, 5.41) is 7.39. The molecule has 23 heavy (non-hydrogen) atoms. The van der Waals surface area contributed by atoms with Crippen molar-refractivity contribution in [3.8, 4) is 11.5 Å². The van der Waals surface area contributed by atoms with Crippen LogP contribution in [0, 0.1) is 0 Å². The van der Waals surface area contributed by atoms with E-state index in [0.717, 1.165) is 11.1 Å². The predicted molar refractivity (Wildman–Crippen MR) is 94.4 cm³/mol. The molecule has 2 rings (SSSR count). The van der Waals surface area contributed by atoms with Gasteiger partial charge in [0.2, 0.25) is 5.96 Å². The molecule has 7 heteroatoms. The van der Waals surface area contributed by atoms with Gasteiger partial charge in [0, 0.05) is 5.56 Å². The number of nitrogens with two attached hydrogens (primary N) is 2. The maximum atomic E-state index is 5.88. The highest BCUT2D eigenvalue weighted by molar-refractivity contribution is 5.86. The van der Waals surface area contributed by atoms with Gasteiger partial charge < -0.3 is 20.9 Å². The van der Waals surface area contributed by atoms with Crippen molar-refractivity contribution in [1.82, 2.24) is 0 Å². The maximum Gasteiger partial charge on any atom is 0.211 e. The van der Waals surface area contributed by atoms with Gasteiger partial charge in [0.15, 0.2) is 11.5 Å². The number of guanidine groups is 1. The van der Waals surface area contributed by atoms with Gasteiger partial charge in [-0.3, -0.25) is 0 Å². The van der Waals surface area contributed by atoms with E-state index in [1.54, 1.807) is 7.11 Å². The molecule has 0 bridgehead atoms. The molecule has 0 heterocycles. The fraction of sp³-hybridized carbons (Fsp3) is 0.125. The monoisotopic (exact) mass is 334 g/mol. The van der Waals surface area contributed by atoms with Crippen LogP contribution in [-0.4, -0.2) is 19.3 Å². The molecule has 4 N–H and O–H groups in total. The predicted octanol–water partition coefficient (Wildman–Crippen LogP) is 2.30. The van der Waals surface area contributed by atoms with Crippen LogP contribution in [0.1, 0.15) is 11.1 Å². The smallest absolute Gasteiger partial charge is 0.211 e. The number of benzene rings is 2. The molecule has 0 atom stereocenters. The lowest BCUT2D eigenvalue weighted by Gasteiger charge is -2.13. The maximum absolute atomic E-state index is 5.88. The minimum Gasteiger partial charge on any atom is -0.493 e. The van der Waals surface area contributed by atoms with E-state index in [-0.39, 0.29) is 18.4 Å². The van der Waals surface area contributed by atoms with Gasteiger partial charge in [0.05, 0.1) is 13.3 Å². The average Bonchev–Trinajstić information content (AvgIpc) is 2.54. The van der Waals surface area contributed by atoms with Crippen LogP contribution in [0.15, 0.2) is 58.7 Å². The van der Waals surface area contributed by atoms with E-state index in [1.165, 1.54) is 6.21 Å². The Bertz CT molecular complexity index is 671. The molecular weight excluding hydrogens is 316 g/mol. The summed E-state index contributed by atoms with van der Waals surface area (Å²) in [6, 6.07) is 15.4. The number of hydrogen-bond donors (Lipinski definition) is 2. The van der Waals surface area contributed by atoms with Crippen molar-refractivity contribution < 1.29 is 9.47 Å². The molecule has 0 radical (unpaired) electrons. The van der Waals surface area contributed by atoms with Crippen molar-refractivity contribution in [3.05, 3.63) is 59.7 Å². The Morgan fingerprint density at radius 1 is 1.09 bits per heavy atom. The first-order chi connectivity index (χ1) is 10.7. The Kier molecular flexibility index (Phi) is 7.42. The van der Waals surface area contributed by atoms with E-state index in [2.05, 4.69) is 10.2 Å². The molecule has 0 unspecified atom stereocenters. The zero-order valence-corrected chi connectivity index (χ0v) is 13.5. The Morgan fingerprint density at radius 2 is 1.83 bits per heavy atom. The number of methoxy groups -OCH3 is 1. The second kappa shape index (κ2) is 9.32. The lowest BCUT2D eigenvalue weighted by Crippen LogP contribution is -2.21. The largest absolute Gasteiger partial charge is 0.493 e. The molecule has 122 valence electrons. The second-order valence-electron chi connectivity index (χ2n) is 4.42. The first-order valence-electron chi connectivity index (χ1n) is 6.66. The van der Waals surface area contributed by atoms with Crippen LogP contribution in [0.3, 0.4) is 0 Å². The van der Waals surface area contributed by atoms with Gasteiger partial charge in [-0.25, -0.2) is 0 Å². The zero-order chi connectivity index (χ0) is 15.8. The van der Waals surface area contributed by atoms with E-state index in [0.29, 0.717) is 18.1 Å². The van der Waals surface area contributed by atoms with Crippen molar-refractivity contribution in [2.45, 2.75) is 6.61 Å². The Hall–Kier alpha value is -2.73. The molecular formula is C16H19ClN4O2. The standard InChI is InChI=1S/C16H18N4O2.ClH/c1-21-14-9-5-8-13(10-19-20-16(17)18)15(14)22-11-12-6-3-2-4-7-12;/h2-10H,11H2,1H3,(H4,17,18,20);1H/b19-10+;. The van der Waals surface area contributed by atoms with Crippen molar-refractivity contribution in [2.75, 3.05) is 7.11 Å². The van der Waals surface area contributed by atoms with Gasteiger partial charge in [0.1, 0.15) is 6.61 Å². The number of nitrogens with zero attached hydrogens (tertiary/aromatic N) is 2. The van der Waals surface area contributed by atoms with Gasteiger partial charge in [-0.2, -0.15) is 5.10 Å². The first kappa shape index (κ1) is 18.3. The molecule has 0 amide bonds. The van der Waals surface area contributed by atoms with Gasteiger partial charge in [-0.05, 0) is 17.7 Å². The van der Waals surface area contributed by atoms with E-state index < -0.39 is 0 Å². The lowest BCUT2D eigenvalue weighted by molar-refractivity contribution is 0.284. The summed E-state index contributed by atoms with van der Waals surface area (Å²) in [6.07, 6.45) is 1.52. The summed E-state index contributed by atoms with van der Waals surface area (Å²) in [4.78, 5) is 0. The third kappa shape index (κ3) is 5.52. The van der Waals surface area contributed by atoms with E-state index >= 15 is 0 Å². The van der Waals surface area contributed by atoms with Crippen LogP contribution in [-0.2, 0) is 6.61 Å².